The zero-order valence-corrected chi connectivity index (χ0v) is 7.61. The predicted octanol–water partition coefficient (Wildman–Crippen LogP) is 1.02. The Kier molecular flexibility index (Phi) is 3.17. The quantitative estimate of drug-likeness (QED) is 0.729. The van der Waals surface area contributed by atoms with Crippen molar-refractivity contribution in [3.63, 3.8) is 0 Å². The van der Waals surface area contributed by atoms with Crippen LogP contribution in [-0.4, -0.2) is 17.0 Å². The molecule has 0 saturated heterocycles. The molecular weight excluding hydrogens is 201 g/mol. The summed E-state index contributed by atoms with van der Waals surface area (Å²) in [7, 11) is 0. The van der Waals surface area contributed by atoms with Crippen LogP contribution in [0.25, 0.3) is 6.08 Å². The van der Waals surface area contributed by atoms with Crippen molar-refractivity contribution in [2.24, 2.45) is 5.73 Å². The Balaban J connectivity index is 3.08. The maximum atomic E-state index is 12.9. The Morgan fingerprint density at radius 1 is 1.40 bits per heavy atom. The molecule has 0 aliphatic rings. The van der Waals surface area contributed by atoms with Crippen molar-refractivity contribution in [1.82, 2.24) is 0 Å². The van der Waals surface area contributed by atoms with Gasteiger partial charge in [0.2, 0.25) is 5.91 Å². The van der Waals surface area contributed by atoms with Crippen molar-refractivity contribution in [3.05, 3.63) is 41.2 Å². The Bertz CT molecular complexity index is 440. The molecule has 0 aliphatic carbocycles. The average molecular weight is 209 g/mol. The fourth-order valence-corrected chi connectivity index (χ4v) is 0.989. The zero-order valence-electron chi connectivity index (χ0n) is 7.61. The molecule has 0 aromatic heterocycles. The lowest BCUT2D eigenvalue weighted by Crippen LogP contribution is -2.05. The minimum atomic E-state index is -1.36. The second-order valence-corrected chi connectivity index (χ2v) is 2.78. The number of carboxylic acid groups (broad SMARTS) is 1. The lowest BCUT2D eigenvalue weighted by Gasteiger charge is -1.98. The summed E-state index contributed by atoms with van der Waals surface area (Å²) < 4.78 is 12.9. The zero-order chi connectivity index (χ0) is 11.4. The van der Waals surface area contributed by atoms with E-state index >= 15 is 0 Å². The molecule has 0 spiro atoms. The number of aromatic carboxylic acids is 1. The molecule has 0 aliphatic heterocycles. The normalized spacial score (nSPS) is 10.5. The first-order chi connectivity index (χ1) is 7.00. The highest BCUT2D eigenvalue weighted by Gasteiger charge is 2.09. The molecule has 0 atom stereocenters. The Hall–Kier alpha value is -2.17. The van der Waals surface area contributed by atoms with E-state index in [1.165, 1.54) is 12.1 Å². The number of nitrogens with two attached hydrogens (primary N) is 1. The lowest BCUT2D eigenvalue weighted by molar-refractivity contribution is -0.113. The third kappa shape index (κ3) is 2.91. The Labute approximate surface area is 84.8 Å². The molecule has 0 fully saturated rings. The maximum Gasteiger partial charge on any atom is 0.338 e. The van der Waals surface area contributed by atoms with Gasteiger partial charge in [-0.3, -0.25) is 4.79 Å². The fourth-order valence-electron chi connectivity index (χ4n) is 0.989. The van der Waals surface area contributed by atoms with Crippen LogP contribution in [0.4, 0.5) is 4.39 Å². The maximum absolute atomic E-state index is 12.9. The number of carbonyl (C=O) groups is 2. The van der Waals surface area contributed by atoms with Gasteiger partial charge in [0.05, 0.1) is 5.56 Å². The van der Waals surface area contributed by atoms with Gasteiger partial charge in [0.1, 0.15) is 5.82 Å². The van der Waals surface area contributed by atoms with Gasteiger partial charge >= 0.3 is 5.97 Å². The third-order valence-corrected chi connectivity index (χ3v) is 1.66. The summed E-state index contributed by atoms with van der Waals surface area (Å²) in [5, 5.41) is 8.61. The van der Waals surface area contributed by atoms with Gasteiger partial charge in [-0.15, -0.1) is 0 Å². The minimum absolute atomic E-state index is 0.396. The lowest BCUT2D eigenvalue weighted by atomic mass is 10.1. The highest BCUT2D eigenvalue weighted by Crippen LogP contribution is 2.11. The van der Waals surface area contributed by atoms with Crippen LogP contribution in [-0.2, 0) is 4.79 Å². The number of amides is 1. The summed E-state index contributed by atoms with van der Waals surface area (Å²) in [4.78, 5) is 21.0. The van der Waals surface area contributed by atoms with Crippen molar-refractivity contribution in [3.8, 4) is 0 Å². The molecule has 0 bridgehead atoms. The number of primary amides is 1. The smallest absolute Gasteiger partial charge is 0.338 e. The Morgan fingerprint density at radius 3 is 2.60 bits per heavy atom. The number of rotatable bonds is 3. The van der Waals surface area contributed by atoms with Crippen LogP contribution in [0.15, 0.2) is 24.3 Å². The molecular formula is C10H8FNO3. The van der Waals surface area contributed by atoms with Crippen LogP contribution >= 0.6 is 0 Å². The summed E-state index contributed by atoms with van der Waals surface area (Å²) in [5.41, 5.74) is 4.80. The van der Waals surface area contributed by atoms with Crippen molar-refractivity contribution in [2.75, 3.05) is 0 Å². The molecule has 1 aromatic rings. The standard InChI is InChI=1S/C10H8FNO3/c11-8-3-1-6(2-4-9(12)13)5-7(8)10(14)15/h1-5H,(H2,12,13)(H,14,15). The number of benzene rings is 1. The van der Waals surface area contributed by atoms with E-state index in [1.807, 2.05) is 0 Å². The highest BCUT2D eigenvalue weighted by atomic mass is 19.1. The van der Waals surface area contributed by atoms with Gasteiger partial charge in [0.25, 0.3) is 0 Å². The molecule has 0 radical (unpaired) electrons. The molecule has 0 heterocycles. The van der Waals surface area contributed by atoms with Gasteiger partial charge in [-0.25, -0.2) is 9.18 Å². The van der Waals surface area contributed by atoms with Crippen molar-refractivity contribution < 1.29 is 19.1 Å². The number of hydrogen-bond acceptors (Lipinski definition) is 2. The van der Waals surface area contributed by atoms with Gasteiger partial charge in [0.15, 0.2) is 0 Å². The van der Waals surface area contributed by atoms with Gasteiger partial charge in [-0.2, -0.15) is 0 Å². The summed E-state index contributed by atoms with van der Waals surface area (Å²) in [5.74, 6) is -2.84. The largest absolute Gasteiger partial charge is 0.478 e. The molecule has 15 heavy (non-hydrogen) atoms. The van der Waals surface area contributed by atoms with Crippen LogP contribution in [0.3, 0.4) is 0 Å². The number of halogens is 1. The summed E-state index contributed by atoms with van der Waals surface area (Å²) in [6.45, 7) is 0. The Morgan fingerprint density at radius 2 is 2.07 bits per heavy atom. The molecule has 4 nitrogen and oxygen atoms in total. The molecule has 1 amide bonds. The number of carboxylic acids is 1. The monoisotopic (exact) mass is 209 g/mol. The van der Waals surface area contributed by atoms with E-state index < -0.39 is 23.3 Å². The van der Waals surface area contributed by atoms with Gasteiger partial charge < -0.3 is 10.8 Å². The fraction of sp³-hybridized carbons (Fsp3) is 0. The predicted molar refractivity (Wildman–Crippen MR) is 51.6 cm³/mol. The molecule has 0 saturated carbocycles. The first kappa shape index (κ1) is 10.9. The molecule has 5 heteroatoms. The summed E-state index contributed by atoms with van der Waals surface area (Å²) in [6, 6.07) is 3.49. The van der Waals surface area contributed by atoms with Crippen LogP contribution < -0.4 is 5.73 Å². The first-order valence-electron chi connectivity index (χ1n) is 4.01. The van der Waals surface area contributed by atoms with Crippen molar-refractivity contribution in [1.29, 1.82) is 0 Å². The number of carbonyl (C=O) groups excluding carboxylic acids is 1. The molecule has 3 N–H and O–H groups in total. The van der Waals surface area contributed by atoms with Gasteiger partial charge in [-0.1, -0.05) is 6.07 Å². The summed E-state index contributed by atoms with van der Waals surface area (Å²) in [6.07, 6.45) is 2.38. The highest BCUT2D eigenvalue weighted by molar-refractivity contribution is 5.91. The van der Waals surface area contributed by atoms with E-state index in [4.69, 9.17) is 10.8 Å². The van der Waals surface area contributed by atoms with Crippen LogP contribution in [0.2, 0.25) is 0 Å². The second kappa shape index (κ2) is 4.36. The minimum Gasteiger partial charge on any atom is -0.478 e. The first-order valence-corrected chi connectivity index (χ1v) is 4.01. The van der Waals surface area contributed by atoms with Gasteiger partial charge in [-0.05, 0) is 23.8 Å². The van der Waals surface area contributed by atoms with E-state index in [0.29, 0.717) is 5.56 Å². The van der Waals surface area contributed by atoms with E-state index in [-0.39, 0.29) is 0 Å². The SMILES string of the molecule is NC(=O)C=Cc1ccc(F)c(C(=O)O)c1. The topological polar surface area (TPSA) is 80.4 Å². The van der Waals surface area contributed by atoms with E-state index in [1.54, 1.807) is 0 Å². The van der Waals surface area contributed by atoms with E-state index in [9.17, 15) is 14.0 Å². The molecule has 1 aromatic carbocycles. The van der Waals surface area contributed by atoms with Crippen molar-refractivity contribution in [2.45, 2.75) is 0 Å². The molecule has 78 valence electrons. The molecule has 1 rings (SSSR count). The van der Waals surface area contributed by atoms with Crippen LogP contribution in [0.5, 0.6) is 0 Å². The van der Waals surface area contributed by atoms with Crippen molar-refractivity contribution >= 4 is 18.0 Å². The van der Waals surface area contributed by atoms with E-state index in [2.05, 4.69) is 0 Å². The van der Waals surface area contributed by atoms with Crippen LogP contribution in [0.1, 0.15) is 15.9 Å². The number of hydrogen-bond donors (Lipinski definition) is 2. The van der Waals surface area contributed by atoms with Gasteiger partial charge in [0, 0.05) is 6.08 Å². The van der Waals surface area contributed by atoms with E-state index in [0.717, 1.165) is 18.2 Å². The second-order valence-electron chi connectivity index (χ2n) is 2.78. The average Bonchev–Trinajstić information content (AvgIpc) is 2.16. The third-order valence-electron chi connectivity index (χ3n) is 1.66. The molecule has 0 unspecified atom stereocenters. The van der Waals surface area contributed by atoms with Crippen LogP contribution in [0, 0.1) is 5.82 Å². The summed E-state index contributed by atoms with van der Waals surface area (Å²) >= 11 is 0.